The van der Waals surface area contributed by atoms with Gasteiger partial charge in [-0.2, -0.15) is 0 Å². The summed E-state index contributed by atoms with van der Waals surface area (Å²) in [4.78, 5) is 11.5. The lowest BCUT2D eigenvalue weighted by Gasteiger charge is -2.23. The van der Waals surface area contributed by atoms with E-state index in [1.807, 2.05) is 24.5 Å². The molecule has 0 spiro atoms. The van der Waals surface area contributed by atoms with Crippen molar-refractivity contribution < 1.29 is 0 Å². The van der Waals surface area contributed by atoms with E-state index in [0.29, 0.717) is 0 Å². The summed E-state index contributed by atoms with van der Waals surface area (Å²) in [7, 11) is 0. The lowest BCUT2D eigenvalue weighted by atomic mass is 9.80. The Bertz CT molecular complexity index is 3250. The van der Waals surface area contributed by atoms with Gasteiger partial charge in [-0.25, -0.2) is 9.97 Å². The lowest BCUT2D eigenvalue weighted by molar-refractivity contribution is 1.45. The molecule has 11 aromatic rings. The first kappa shape index (κ1) is 31.6. The number of hydrogen-bond donors (Lipinski definition) is 0. The van der Waals surface area contributed by atoms with Crippen molar-refractivity contribution in [2.24, 2.45) is 0 Å². The number of aromatic nitrogens is 2. The Morgan fingerprint density at radius 2 is 0.643 bits per heavy atom. The van der Waals surface area contributed by atoms with E-state index < -0.39 is 0 Å². The zero-order valence-corrected chi connectivity index (χ0v) is 31.7. The van der Waals surface area contributed by atoms with Gasteiger partial charge in [0.05, 0.1) is 0 Å². The van der Waals surface area contributed by atoms with E-state index in [9.17, 15) is 0 Å². The number of pyridine rings is 2. The zero-order valence-electron chi connectivity index (χ0n) is 30.0. The van der Waals surface area contributed by atoms with Gasteiger partial charge in [0, 0.05) is 43.3 Å². The van der Waals surface area contributed by atoms with E-state index in [2.05, 4.69) is 168 Å². The second kappa shape index (κ2) is 12.4. The highest BCUT2D eigenvalue weighted by Gasteiger charge is 2.22. The van der Waals surface area contributed by atoms with Crippen molar-refractivity contribution in [3.8, 4) is 77.9 Å². The van der Waals surface area contributed by atoms with Crippen LogP contribution in [0.25, 0.3) is 118 Å². The minimum absolute atomic E-state index is 1.07. The molecule has 2 nitrogen and oxygen atoms in total. The summed E-state index contributed by atoms with van der Waals surface area (Å²) < 4.78 is 2.51. The molecule has 12 rings (SSSR count). The van der Waals surface area contributed by atoms with Gasteiger partial charge < -0.3 is 0 Å². The normalized spacial score (nSPS) is 11.9. The summed E-state index contributed by atoms with van der Waals surface area (Å²) >= 11 is 3.51. The van der Waals surface area contributed by atoms with Crippen LogP contribution in [0, 0.1) is 0 Å². The van der Waals surface area contributed by atoms with Crippen LogP contribution in [0.4, 0.5) is 0 Å². The fourth-order valence-corrected chi connectivity index (χ4v) is 10.8. The van der Waals surface area contributed by atoms with Crippen LogP contribution in [0.5, 0.6) is 0 Å². The largest absolute Gasteiger partial charge is 0.245 e. The van der Waals surface area contributed by atoms with Gasteiger partial charge in [0.1, 0.15) is 9.66 Å². The minimum Gasteiger partial charge on any atom is -0.245 e. The van der Waals surface area contributed by atoms with Crippen LogP contribution >= 0.6 is 22.7 Å². The Kier molecular flexibility index (Phi) is 7.00. The molecule has 0 fully saturated rings. The molecule has 0 radical (unpaired) electrons. The van der Waals surface area contributed by atoms with Crippen molar-refractivity contribution in [3.05, 3.63) is 182 Å². The molecule has 56 heavy (non-hydrogen) atoms. The molecule has 4 heterocycles. The molecule has 1 aliphatic rings. The van der Waals surface area contributed by atoms with E-state index in [4.69, 9.17) is 0 Å². The van der Waals surface area contributed by atoms with E-state index in [-0.39, 0.29) is 0 Å². The van der Waals surface area contributed by atoms with Crippen LogP contribution in [0.1, 0.15) is 0 Å². The third-order valence-electron chi connectivity index (χ3n) is 11.4. The standard InChI is InChI=1S/C52H30N2S2/c1-2-10-38-37(9-1)39-11-3-4-13-41(39)43-20-17-31(28-46(43)42-14-6-5-12-40(38)42)34-25-35(32-18-21-49-47(29-32)44-15-7-23-53-51(44)55-49)27-36(26-34)33-19-22-50-48(30-33)45-16-8-24-54-52(45)56-50/h1-30H. The molecule has 0 saturated carbocycles. The highest BCUT2D eigenvalue weighted by atomic mass is 32.1. The first-order valence-electron chi connectivity index (χ1n) is 18.9. The summed E-state index contributed by atoms with van der Waals surface area (Å²) in [5, 5.41) is 4.91. The third kappa shape index (κ3) is 4.93. The molecule has 0 bridgehead atoms. The monoisotopic (exact) mass is 746 g/mol. The molecule has 0 saturated heterocycles. The second-order valence-electron chi connectivity index (χ2n) is 14.5. The highest BCUT2D eigenvalue weighted by molar-refractivity contribution is 7.25. The fraction of sp³-hybridized carbons (Fsp3) is 0. The molecule has 0 atom stereocenters. The fourth-order valence-electron chi connectivity index (χ4n) is 8.75. The number of thiophene rings is 2. The maximum absolute atomic E-state index is 4.68. The highest BCUT2D eigenvalue weighted by Crippen LogP contribution is 2.49. The molecule has 4 aromatic heterocycles. The van der Waals surface area contributed by atoms with Crippen LogP contribution in [0.3, 0.4) is 0 Å². The van der Waals surface area contributed by atoms with Crippen molar-refractivity contribution >= 4 is 63.3 Å². The van der Waals surface area contributed by atoms with Crippen LogP contribution in [-0.4, -0.2) is 9.97 Å². The summed E-state index contributed by atoms with van der Waals surface area (Å²) in [6, 6.07) is 63.0. The number of rotatable bonds is 3. The molecule has 0 unspecified atom stereocenters. The summed E-state index contributed by atoms with van der Waals surface area (Å²) in [5.41, 5.74) is 17.1. The second-order valence-corrected chi connectivity index (χ2v) is 16.6. The third-order valence-corrected chi connectivity index (χ3v) is 13.6. The van der Waals surface area contributed by atoms with Gasteiger partial charge in [0.25, 0.3) is 0 Å². The van der Waals surface area contributed by atoms with Crippen molar-refractivity contribution in [2.75, 3.05) is 0 Å². The number of fused-ring (bicyclic) bond motifs is 14. The lowest BCUT2D eigenvalue weighted by Crippen LogP contribution is -1.97. The van der Waals surface area contributed by atoms with Crippen LogP contribution in [0.2, 0.25) is 0 Å². The minimum atomic E-state index is 1.07. The molecular weight excluding hydrogens is 717 g/mol. The van der Waals surface area contributed by atoms with Crippen molar-refractivity contribution in [3.63, 3.8) is 0 Å². The molecule has 260 valence electrons. The average molecular weight is 747 g/mol. The summed E-state index contributed by atoms with van der Waals surface area (Å²) in [6.45, 7) is 0. The Hall–Kier alpha value is -6.72. The average Bonchev–Trinajstić information content (AvgIpc) is 3.83. The molecule has 0 aliphatic heterocycles. The predicted molar refractivity (Wildman–Crippen MR) is 239 cm³/mol. The SMILES string of the molecule is c1ccc2c(c1)-c1ccccc1-c1ccc(-c3cc(-c4ccc5sc6ncccc6c5c4)cc(-c4ccc5sc6ncccc6c5c4)c3)cc1-c1ccccc1-2. The van der Waals surface area contributed by atoms with Gasteiger partial charge in [0.2, 0.25) is 0 Å². The van der Waals surface area contributed by atoms with Gasteiger partial charge in [-0.1, -0.05) is 97.1 Å². The molecule has 1 aliphatic carbocycles. The quantitative estimate of drug-likeness (QED) is 0.180. The Morgan fingerprint density at radius 1 is 0.268 bits per heavy atom. The summed E-state index contributed by atoms with van der Waals surface area (Å²) in [6.07, 6.45) is 3.77. The maximum atomic E-state index is 4.68. The predicted octanol–water partition coefficient (Wildman–Crippen LogP) is 15.2. The van der Waals surface area contributed by atoms with E-state index >= 15 is 0 Å². The topological polar surface area (TPSA) is 25.8 Å². The van der Waals surface area contributed by atoms with Gasteiger partial charge in [0.15, 0.2) is 0 Å². The first-order valence-corrected chi connectivity index (χ1v) is 20.5. The van der Waals surface area contributed by atoms with E-state index in [1.165, 1.54) is 109 Å². The first-order chi connectivity index (χ1) is 27.7. The van der Waals surface area contributed by atoms with E-state index in [1.54, 1.807) is 22.7 Å². The molecule has 0 N–H and O–H groups in total. The number of benzene rings is 7. The molecule has 0 amide bonds. The Labute approximate surface area is 331 Å². The van der Waals surface area contributed by atoms with Crippen LogP contribution in [-0.2, 0) is 0 Å². The number of nitrogens with zero attached hydrogens (tertiary/aromatic N) is 2. The van der Waals surface area contributed by atoms with Gasteiger partial charge >= 0.3 is 0 Å². The molecule has 7 aromatic carbocycles. The molecule has 4 heteroatoms. The number of hydrogen-bond acceptors (Lipinski definition) is 4. The van der Waals surface area contributed by atoms with E-state index in [0.717, 1.165) is 9.66 Å². The van der Waals surface area contributed by atoms with Crippen LogP contribution in [0.15, 0.2) is 182 Å². The van der Waals surface area contributed by atoms with Gasteiger partial charge in [-0.3, -0.25) is 0 Å². The van der Waals surface area contributed by atoms with Crippen molar-refractivity contribution in [1.82, 2.24) is 9.97 Å². The summed E-state index contributed by atoms with van der Waals surface area (Å²) in [5.74, 6) is 0. The Balaban J connectivity index is 1.10. The van der Waals surface area contributed by atoms with Crippen LogP contribution < -0.4 is 0 Å². The maximum Gasteiger partial charge on any atom is 0.124 e. The van der Waals surface area contributed by atoms with Crippen molar-refractivity contribution in [1.29, 1.82) is 0 Å². The van der Waals surface area contributed by atoms with Crippen molar-refractivity contribution in [2.45, 2.75) is 0 Å². The van der Waals surface area contributed by atoms with Gasteiger partial charge in [-0.05, 0) is 151 Å². The zero-order chi connectivity index (χ0) is 36.7. The Morgan fingerprint density at radius 3 is 1.09 bits per heavy atom. The van der Waals surface area contributed by atoms with Gasteiger partial charge in [-0.15, -0.1) is 22.7 Å². The molecular formula is C52H30N2S2. The smallest absolute Gasteiger partial charge is 0.124 e.